The zero-order valence-electron chi connectivity index (χ0n) is 17.0. The number of carbonyl (C=O) groups is 2. The maximum Gasteiger partial charge on any atom is 0.337 e. The summed E-state index contributed by atoms with van der Waals surface area (Å²) in [6.07, 6.45) is 0. The quantitative estimate of drug-likeness (QED) is 0.483. The lowest BCUT2D eigenvalue weighted by Crippen LogP contribution is -2.15. The Morgan fingerprint density at radius 3 is 2.61 bits per heavy atom. The van der Waals surface area contributed by atoms with Gasteiger partial charge in [-0.3, -0.25) is 4.79 Å². The van der Waals surface area contributed by atoms with E-state index < -0.39 is 17.7 Å². The average Bonchev–Trinajstić information content (AvgIpc) is 3.15. The SMILES string of the molecule is COC(=O)c1ccc(C)c(NC(=O)c2cc(-c3ccccc3F)nc3onc(C)c23)c1. The van der Waals surface area contributed by atoms with Crippen molar-refractivity contribution in [3.05, 3.63) is 76.7 Å². The van der Waals surface area contributed by atoms with Gasteiger partial charge in [0.2, 0.25) is 0 Å². The van der Waals surface area contributed by atoms with E-state index in [4.69, 9.17) is 9.26 Å². The Morgan fingerprint density at radius 1 is 1.10 bits per heavy atom. The first-order valence-corrected chi connectivity index (χ1v) is 9.41. The number of pyridine rings is 1. The van der Waals surface area contributed by atoms with Gasteiger partial charge in [-0.25, -0.2) is 14.2 Å². The lowest BCUT2D eigenvalue weighted by Gasteiger charge is -2.12. The maximum absolute atomic E-state index is 14.3. The Morgan fingerprint density at radius 2 is 1.87 bits per heavy atom. The van der Waals surface area contributed by atoms with Crippen molar-refractivity contribution in [3.8, 4) is 11.3 Å². The van der Waals surface area contributed by atoms with Gasteiger partial charge in [-0.1, -0.05) is 23.4 Å². The van der Waals surface area contributed by atoms with Crippen LogP contribution in [0.4, 0.5) is 10.1 Å². The maximum atomic E-state index is 14.3. The summed E-state index contributed by atoms with van der Waals surface area (Å²) in [7, 11) is 1.28. The van der Waals surface area contributed by atoms with E-state index in [1.807, 2.05) is 0 Å². The molecule has 0 aliphatic rings. The van der Waals surface area contributed by atoms with Crippen LogP contribution in [-0.4, -0.2) is 29.1 Å². The molecular weight excluding hydrogens is 401 g/mol. The third-order valence-electron chi connectivity index (χ3n) is 4.92. The molecule has 1 amide bonds. The third-order valence-corrected chi connectivity index (χ3v) is 4.92. The molecule has 2 aromatic heterocycles. The summed E-state index contributed by atoms with van der Waals surface area (Å²) in [5.74, 6) is -1.46. The van der Waals surface area contributed by atoms with Crippen LogP contribution < -0.4 is 5.32 Å². The molecule has 4 aromatic rings. The number of halogens is 1. The fourth-order valence-electron chi connectivity index (χ4n) is 3.27. The van der Waals surface area contributed by atoms with Crippen LogP contribution in [0.2, 0.25) is 0 Å². The Hall–Kier alpha value is -4.07. The summed E-state index contributed by atoms with van der Waals surface area (Å²) in [5, 5.41) is 7.14. The first-order valence-electron chi connectivity index (χ1n) is 9.41. The zero-order chi connectivity index (χ0) is 22.1. The van der Waals surface area contributed by atoms with Crippen LogP contribution in [0.15, 0.2) is 53.1 Å². The van der Waals surface area contributed by atoms with Gasteiger partial charge >= 0.3 is 5.97 Å². The van der Waals surface area contributed by atoms with Gasteiger partial charge in [-0.2, -0.15) is 0 Å². The molecule has 1 N–H and O–H groups in total. The largest absolute Gasteiger partial charge is 0.465 e. The van der Waals surface area contributed by atoms with Crippen LogP contribution in [0.3, 0.4) is 0 Å². The van der Waals surface area contributed by atoms with Gasteiger partial charge in [-0.15, -0.1) is 0 Å². The van der Waals surface area contributed by atoms with Crippen molar-refractivity contribution >= 4 is 28.7 Å². The Bertz CT molecular complexity index is 1330. The number of amides is 1. The van der Waals surface area contributed by atoms with Crippen molar-refractivity contribution in [1.82, 2.24) is 10.1 Å². The number of nitrogens with one attached hydrogen (secondary N) is 1. The standard InChI is InChI=1S/C23H18FN3O4/c1-12-8-9-14(23(29)30-3)10-18(12)25-21(28)16-11-19(15-6-4-5-7-17(15)24)26-22-20(16)13(2)27-31-22/h4-11H,1-3H3,(H,25,28). The van der Waals surface area contributed by atoms with Crippen LogP contribution in [-0.2, 0) is 4.74 Å². The first kappa shape index (κ1) is 20.2. The minimum atomic E-state index is -0.515. The molecule has 0 radical (unpaired) electrons. The first-order chi connectivity index (χ1) is 14.9. The average molecular weight is 419 g/mol. The molecule has 2 aromatic carbocycles. The molecule has 4 rings (SSSR count). The number of fused-ring (bicyclic) bond motifs is 1. The van der Waals surface area contributed by atoms with Crippen molar-refractivity contribution in [1.29, 1.82) is 0 Å². The number of anilines is 1. The van der Waals surface area contributed by atoms with E-state index in [1.165, 1.54) is 25.3 Å². The van der Waals surface area contributed by atoms with Crippen molar-refractivity contribution in [2.75, 3.05) is 12.4 Å². The molecular formula is C23H18FN3O4. The molecule has 0 unspecified atom stereocenters. The molecule has 7 nitrogen and oxygen atoms in total. The second-order valence-corrected chi connectivity index (χ2v) is 6.96. The number of hydrogen-bond acceptors (Lipinski definition) is 6. The minimum absolute atomic E-state index is 0.128. The summed E-state index contributed by atoms with van der Waals surface area (Å²) >= 11 is 0. The fraction of sp³-hybridized carbons (Fsp3) is 0.130. The minimum Gasteiger partial charge on any atom is -0.465 e. The normalized spacial score (nSPS) is 10.8. The van der Waals surface area contributed by atoms with Crippen molar-refractivity contribution in [2.24, 2.45) is 0 Å². The number of esters is 1. The van der Waals surface area contributed by atoms with E-state index >= 15 is 0 Å². The van der Waals surface area contributed by atoms with Gasteiger partial charge in [0.15, 0.2) is 0 Å². The number of aryl methyl sites for hydroxylation is 2. The Labute approximate surface area is 176 Å². The number of carbonyl (C=O) groups excluding carboxylic acids is 2. The lowest BCUT2D eigenvalue weighted by molar-refractivity contribution is 0.0600. The number of aromatic nitrogens is 2. The van der Waals surface area contributed by atoms with Crippen molar-refractivity contribution < 1.29 is 23.2 Å². The molecule has 0 atom stereocenters. The number of ether oxygens (including phenoxy) is 1. The molecule has 0 spiro atoms. The third kappa shape index (κ3) is 3.75. The zero-order valence-corrected chi connectivity index (χ0v) is 17.0. The molecule has 0 saturated carbocycles. The predicted molar refractivity (Wildman–Crippen MR) is 112 cm³/mol. The molecule has 0 aliphatic heterocycles. The Kier molecular flexibility index (Phi) is 5.21. The summed E-state index contributed by atoms with van der Waals surface area (Å²) in [4.78, 5) is 29.4. The highest BCUT2D eigenvalue weighted by Crippen LogP contribution is 2.29. The highest BCUT2D eigenvalue weighted by atomic mass is 19.1. The van der Waals surface area contributed by atoms with Crippen LogP contribution in [0.25, 0.3) is 22.4 Å². The highest BCUT2D eigenvalue weighted by molar-refractivity contribution is 6.13. The van der Waals surface area contributed by atoms with E-state index in [0.717, 1.165) is 5.56 Å². The summed E-state index contributed by atoms with van der Waals surface area (Å²) in [6.45, 7) is 3.49. The summed E-state index contributed by atoms with van der Waals surface area (Å²) in [6, 6.07) is 12.5. The van der Waals surface area contributed by atoms with Gasteiger partial charge in [-0.05, 0) is 49.7 Å². The lowest BCUT2D eigenvalue weighted by atomic mass is 10.0. The van der Waals surface area contributed by atoms with E-state index in [9.17, 15) is 14.0 Å². The molecule has 0 bridgehead atoms. The van der Waals surface area contributed by atoms with E-state index in [1.54, 1.807) is 44.2 Å². The van der Waals surface area contributed by atoms with Gasteiger partial charge in [0.25, 0.3) is 11.6 Å². The van der Waals surface area contributed by atoms with E-state index in [0.29, 0.717) is 22.3 Å². The molecule has 0 fully saturated rings. The summed E-state index contributed by atoms with van der Waals surface area (Å²) in [5.41, 5.74) is 2.81. The molecule has 0 saturated heterocycles. The summed E-state index contributed by atoms with van der Waals surface area (Å²) < 4.78 is 24.3. The molecule has 8 heteroatoms. The number of rotatable bonds is 4. The van der Waals surface area contributed by atoms with Crippen LogP contribution in [0.1, 0.15) is 32.0 Å². The second kappa shape index (κ2) is 7.98. The van der Waals surface area contributed by atoms with E-state index in [2.05, 4.69) is 15.5 Å². The molecule has 156 valence electrons. The number of benzene rings is 2. The smallest absolute Gasteiger partial charge is 0.337 e. The van der Waals surface area contributed by atoms with Crippen LogP contribution in [0, 0.1) is 19.7 Å². The molecule has 0 aliphatic carbocycles. The predicted octanol–water partition coefficient (Wildman–Crippen LogP) is 4.68. The van der Waals surface area contributed by atoms with Crippen molar-refractivity contribution in [3.63, 3.8) is 0 Å². The molecule has 2 heterocycles. The number of nitrogens with zero attached hydrogens (tertiary/aromatic N) is 2. The van der Waals surface area contributed by atoms with Gasteiger partial charge in [0.05, 0.1) is 35.0 Å². The van der Waals surface area contributed by atoms with Gasteiger partial charge in [0.1, 0.15) is 5.82 Å². The number of methoxy groups -OCH3 is 1. The van der Waals surface area contributed by atoms with E-state index in [-0.39, 0.29) is 22.5 Å². The fourth-order valence-corrected chi connectivity index (χ4v) is 3.27. The van der Waals surface area contributed by atoms with Gasteiger partial charge < -0.3 is 14.6 Å². The monoisotopic (exact) mass is 419 g/mol. The van der Waals surface area contributed by atoms with Gasteiger partial charge in [0, 0.05) is 11.3 Å². The topological polar surface area (TPSA) is 94.3 Å². The van der Waals surface area contributed by atoms with Crippen molar-refractivity contribution in [2.45, 2.75) is 13.8 Å². The molecule has 31 heavy (non-hydrogen) atoms. The Balaban J connectivity index is 1.80. The number of hydrogen-bond donors (Lipinski definition) is 1. The van der Waals surface area contributed by atoms with Crippen LogP contribution >= 0.6 is 0 Å². The van der Waals surface area contributed by atoms with Crippen LogP contribution in [0.5, 0.6) is 0 Å². The second-order valence-electron chi connectivity index (χ2n) is 6.96. The highest BCUT2D eigenvalue weighted by Gasteiger charge is 2.21.